The standard InChI is InChI=1S/C28H22N4/c29-15-1-5-21-19(22-6-2-16(30)12-26(22)25(21)11-15)9-10-20-23-7-3-17(31)13-27(23)28-14-18(32)4-8-24(20)28/h1-8,11-14,19-20H,29-32H2. The monoisotopic (exact) mass is 414 g/mol. The lowest BCUT2D eigenvalue weighted by Crippen LogP contribution is -1.98. The molecule has 0 radical (unpaired) electrons. The molecule has 4 aromatic rings. The zero-order valence-electron chi connectivity index (χ0n) is 17.4. The molecule has 4 aromatic carbocycles. The predicted molar refractivity (Wildman–Crippen MR) is 133 cm³/mol. The Morgan fingerprint density at radius 2 is 0.656 bits per heavy atom. The number of benzene rings is 4. The van der Waals surface area contributed by atoms with Crippen LogP contribution in [0.1, 0.15) is 34.1 Å². The molecule has 0 aliphatic heterocycles. The van der Waals surface area contributed by atoms with Crippen molar-refractivity contribution < 1.29 is 0 Å². The number of hydrogen-bond donors (Lipinski definition) is 4. The first-order valence-corrected chi connectivity index (χ1v) is 10.6. The number of fused-ring (bicyclic) bond motifs is 6. The second kappa shape index (κ2) is 6.57. The molecule has 32 heavy (non-hydrogen) atoms. The maximum Gasteiger partial charge on any atom is 0.0714 e. The Bertz CT molecular complexity index is 1280. The molecule has 0 bridgehead atoms. The van der Waals surface area contributed by atoms with E-state index in [1.807, 2.05) is 48.5 Å². The lowest BCUT2D eigenvalue weighted by Gasteiger charge is -2.09. The summed E-state index contributed by atoms with van der Waals surface area (Å²) in [6.45, 7) is 0. The number of nitrogens with two attached hydrogens (primary N) is 4. The molecule has 8 N–H and O–H groups in total. The average molecular weight is 415 g/mol. The fourth-order valence-electron chi connectivity index (χ4n) is 5.05. The molecular weight excluding hydrogens is 392 g/mol. The van der Waals surface area contributed by atoms with Crippen LogP contribution >= 0.6 is 0 Å². The molecule has 154 valence electrons. The lowest BCUT2D eigenvalue weighted by atomic mass is 9.93. The molecule has 0 saturated carbocycles. The minimum atomic E-state index is -0.0312. The van der Waals surface area contributed by atoms with E-state index in [1.54, 1.807) is 0 Å². The molecule has 0 aromatic heterocycles. The van der Waals surface area contributed by atoms with Crippen molar-refractivity contribution in [3.63, 3.8) is 0 Å². The fraction of sp³-hybridized carbons (Fsp3) is 0.0714. The van der Waals surface area contributed by atoms with E-state index in [-0.39, 0.29) is 11.8 Å². The van der Waals surface area contributed by atoms with Crippen molar-refractivity contribution in [3.8, 4) is 34.1 Å². The Hall–Kier alpha value is -4.36. The molecule has 0 heterocycles. The fourth-order valence-corrected chi connectivity index (χ4v) is 5.05. The number of nitrogen functional groups attached to an aromatic ring is 4. The predicted octanol–water partition coefficient (Wildman–Crippen LogP) is 4.94. The highest BCUT2D eigenvalue weighted by molar-refractivity contribution is 5.86. The van der Waals surface area contributed by atoms with Gasteiger partial charge in [0.05, 0.1) is 11.8 Å². The van der Waals surface area contributed by atoms with Crippen LogP contribution in [0.15, 0.2) is 72.8 Å². The van der Waals surface area contributed by atoms with Gasteiger partial charge in [-0.1, -0.05) is 36.1 Å². The number of anilines is 4. The third-order valence-corrected chi connectivity index (χ3v) is 6.51. The molecule has 2 aliphatic rings. The van der Waals surface area contributed by atoms with Crippen LogP contribution in [0.25, 0.3) is 22.3 Å². The van der Waals surface area contributed by atoms with E-state index in [2.05, 4.69) is 36.1 Å². The summed E-state index contributed by atoms with van der Waals surface area (Å²) in [4.78, 5) is 0. The van der Waals surface area contributed by atoms with Gasteiger partial charge in [-0.3, -0.25) is 0 Å². The first-order chi connectivity index (χ1) is 15.5. The zero-order chi connectivity index (χ0) is 22.0. The maximum atomic E-state index is 6.09. The van der Waals surface area contributed by atoms with Crippen LogP contribution in [0.4, 0.5) is 22.7 Å². The summed E-state index contributed by atoms with van der Waals surface area (Å²) in [6.07, 6.45) is 0. The van der Waals surface area contributed by atoms with Gasteiger partial charge in [0.1, 0.15) is 0 Å². The highest BCUT2D eigenvalue weighted by Gasteiger charge is 2.30. The molecule has 0 fully saturated rings. The van der Waals surface area contributed by atoms with E-state index in [0.717, 1.165) is 45.0 Å². The van der Waals surface area contributed by atoms with Crippen molar-refractivity contribution in [1.29, 1.82) is 0 Å². The Labute approximate surface area is 186 Å². The molecule has 6 rings (SSSR count). The molecule has 0 saturated heterocycles. The Kier molecular flexibility index (Phi) is 3.78. The lowest BCUT2D eigenvalue weighted by molar-refractivity contribution is 1.08. The number of hydrogen-bond acceptors (Lipinski definition) is 4. The Balaban J connectivity index is 1.51. The van der Waals surface area contributed by atoms with Crippen molar-refractivity contribution in [3.05, 3.63) is 95.1 Å². The van der Waals surface area contributed by atoms with Crippen LogP contribution in [0.2, 0.25) is 0 Å². The summed E-state index contributed by atoms with van der Waals surface area (Å²) >= 11 is 0. The Morgan fingerprint density at radius 3 is 0.906 bits per heavy atom. The Morgan fingerprint density at radius 1 is 0.406 bits per heavy atom. The van der Waals surface area contributed by atoms with Gasteiger partial charge in [0, 0.05) is 22.7 Å². The van der Waals surface area contributed by atoms with Gasteiger partial charge in [-0.2, -0.15) is 0 Å². The van der Waals surface area contributed by atoms with Crippen LogP contribution in [-0.4, -0.2) is 0 Å². The van der Waals surface area contributed by atoms with Gasteiger partial charge in [0.25, 0.3) is 0 Å². The zero-order valence-corrected chi connectivity index (χ0v) is 17.4. The highest BCUT2D eigenvalue weighted by Crippen LogP contribution is 2.48. The SMILES string of the molecule is Nc1ccc2c(c1)-c1cc(N)ccc1C2C#CC1c2ccc(N)cc2-c2cc(N)ccc21. The van der Waals surface area contributed by atoms with E-state index in [4.69, 9.17) is 22.9 Å². The third-order valence-electron chi connectivity index (χ3n) is 6.51. The van der Waals surface area contributed by atoms with Crippen molar-refractivity contribution in [2.75, 3.05) is 22.9 Å². The molecule has 0 atom stereocenters. The summed E-state index contributed by atoms with van der Waals surface area (Å²) in [6, 6.07) is 24.1. The second-order valence-electron chi connectivity index (χ2n) is 8.54. The smallest absolute Gasteiger partial charge is 0.0714 e. The third kappa shape index (κ3) is 2.65. The average Bonchev–Trinajstić information content (AvgIpc) is 3.23. The summed E-state index contributed by atoms with van der Waals surface area (Å²) in [5.41, 5.74) is 36.4. The first-order valence-electron chi connectivity index (χ1n) is 10.6. The van der Waals surface area contributed by atoms with Gasteiger partial charge in [0.2, 0.25) is 0 Å². The van der Waals surface area contributed by atoms with E-state index < -0.39 is 0 Å². The summed E-state index contributed by atoms with van der Waals surface area (Å²) < 4.78 is 0. The summed E-state index contributed by atoms with van der Waals surface area (Å²) in [7, 11) is 0. The van der Waals surface area contributed by atoms with Crippen LogP contribution < -0.4 is 22.9 Å². The van der Waals surface area contributed by atoms with Gasteiger partial charge in [0.15, 0.2) is 0 Å². The molecule has 2 aliphatic carbocycles. The van der Waals surface area contributed by atoms with Crippen LogP contribution in [0.5, 0.6) is 0 Å². The molecule has 4 heteroatoms. The van der Waals surface area contributed by atoms with E-state index in [0.29, 0.717) is 0 Å². The minimum absolute atomic E-state index is 0.0312. The second-order valence-corrected chi connectivity index (χ2v) is 8.54. The van der Waals surface area contributed by atoms with E-state index >= 15 is 0 Å². The number of rotatable bonds is 0. The normalized spacial score (nSPS) is 13.6. The first kappa shape index (κ1) is 18.4. The van der Waals surface area contributed by atoms with Gasteiger partial charge >= 0.3 is 0 Å². The van der Waals surface area contributed by atoms with Gasteiger partial charge < -0.3 is 22.9 Å². The van der Waals surface area contributed by atoms with E-state index in [1.165, 1.54) is 22.3 Å². The van der Waals surface area contributed by atoms with Gasteiger partial charge in [-0.15, -0.1) is 0 Å². The van der Waals surface area contributed by atoms with Crippen molar-refractivity contribution >= 4 is 22.7 Å². The van der Waals surface area contributed by atoms with Crippen molar-refractivity contribution in [2.24, 2.45) is 0 Å². The van der Waals surface area contributed by atoms with Crippen LogP contribution in [0.3, 0.4) is 0 Å². The molecule has 0 amide bonds. The largest absolute Gasteiger partial charge is 0.399 e. The van der Waals surface area contributed by atoms with Gasteiger partial charge in [-0.05, 0) is 93.0 Å². The molecule has 4 nitrogen and oxygen atoms in total. The van der Waals surface area contributed by atoms with E-state index in [9.17, 15) is 0 Å². The minimum Gasteiger partial charge on any atom is -0.399 e. The maximum absolute atomic E-state index is 6.09. The summed E-state index contributed by atoms with van der Waals surface area (Å²) in [5, 5.41) is 0. The molecule has 0 unspecified atom stereocenters. The quantitative estimate of drug-likeness (QED) is 0.241. The highest BCUT2D eigenvalue weighted by atomic mass is 14.6. The van der Waals surface area contributed by atoms with Crippen molar-refractivity contribution in [1.82, 2.24) is 0 Å². The van der Waals surface area contributed by atoms with Crippen LogP contribution in [0, 0.1) is 11.8 Å². The molecular formula is C28H22N4. The summed E-state index contributed by atoms with van der Waals surface area (Å²) in [5.74, 6) is 7.12. The molecule has 0 spiro atoms. The topological polar surface area (TPSA) is 104 Å². The van der Waals surface area contributed by atoms with Crippen LogP contribution in [-0.2, 0) is 0 Å². The van der Waals surface area contributed by atoms with Gasteiger partial charge in [-0.25, -0.2) is 0 Å². The van der Waals surface area contributed by atoms with Crippen molar-refractivity contribution in [2.45, 2.75) is 11.8 Å².